The van der Waals surface area contributed by atoms with Gasteiger partial charge in [-0.25, -0.2) is 13.8 Å². The van der Waals surface area contributed by atoms with Gasteiger partial charge < -0.3 is 18.9 Å². The highest BCUT2D eigenvalue weighted by molar-refractivity contribution is 5.97. The molecule has 2 aromatic carbocycles. The number of piperidine rings is 1. The first-order valence-corrected chi connectivity index (χ1v) is 13.6. The first-order chi connectivity index (χ1) is 19.9. The number of carbonyl (C=O) groups is 1. The van der Waals surface area contributed by atoms with Crippen LogP contribution in [0.4, 0.5) is 14.6 Å². The number of fused-ring (bicyclic) bond motifs is 1. The molecule has 212 valence electrons. The monoisotopic (exact) mass is 559 g/mol. The molecule has 1 saturated heterocycles. The van der Waals surface area contributed by atoms with E-state index < -0.39 is 11.6 Å². The Morgan fingerprint density at radius 1 is 1.10 bits per heavy atom. The van der Waals surface area contributed by atoms with Crippen molar-refractivity contribution in [3.63, 3.8) is 0 Å². The molecule has 5 rings (SSSR count). The number of hydrogen-bond donors (Lipinski definition) is 0. The Bertz CT molecular complexity index is 1610. The Morgan fingerprint density at radius 3 is 2.61 bits per heavy atom. The molecule has 0 atom stereocenters. The third-order valence-electron chi connectivity index (χ3n) is 7.49. The first kappa shape index (κ1) is 28.2. The zero-order valence-corrected chi connectivity index (χ0v) is 23.1. The molecule has 0 amide bonds. The van der Waals surface area contributed by atoms with Crippen LogP contribution >= 0.6 is 0 Å². The number of rotatable bonds is 10. The third-order valence-corrected chi connectivity index (χ3v) is 7.49. The van der Waals surface area contributed by atoms with Gasteiger partial charge in [0.2, 0.25) is 5.88 Å². The minimum absolute atomic E-state index is 0.00858. The molecule has 3 heterocycles. The van der Waals surface area contributed by atoms with E-state index in [1.807, 2.05) is 22.8 Å². The van der Waals surface area contributed by atoms with E-state index in [1.54, 1.807) is 31.4 Å². The van der Waals surface area contributed by atoms with Crippen LogP contribution in [0.15, 0.2) is 48.5 Å². The standard InChI is InChI=1S/C31H31F2N5O3/c1-20(39)24-16-26(33)31-27(17-24)38(12-13-40-2)29(36-31)15-21-8-10-37(11-9-21)28-4-3-5-30(35-28)41-19-23-7-6-22(18-34)14-25(23)32/h3-7,14,16-17,21H,8-13,15,19H2,1-2H3. The summed E-state index contributed by atoms with van der Waals surface area (Å²) in [6.45, 7) is 3.97. The van der Waals surface area contributed by atoms with Crippen molar-refractivity contribution in [1.82, 2.24) is 14.5 Å². The molecule has 10 heteroatoms. The van der Waals surface area contributed by atoms with Crippen LogP contribution < -0.4 is 9.64 Å². The van der Waals surface area contributed by atoms with E-state index in [-0.39, 0.29) is 23.5 Å². The van der Waals surface area contributed by atoms with Gasteiger partial charge in [0.15, 0.2) is 11.6 Å². The van der Waals surface area contributed by atoms with Gasteiger partial charge in [-0.05, 0) is 56.0 Å². The number of anilines is 1. The lowest BCUT2D eigenvalue weighted by Crippen LogP contribution is -2.35. The molecule has 1 fully saturated rings. The number of carbonyl (C=O) groups excluding carboxylic acids is 1. The zero-order valence-electron chi connectivity index (χ0n) is 23.1. The molecule has 1 aliphatic rings. The molecule has 1 aliphatic heterocycles. The molecule has 4 aromatic rings. The molecule has 8 nitrogen and oxygen atoms in total. The Labute approximate surface area is 237 Å². The van der Waals surface area contributed by atoms with E-state index in [1.165, 1.54) is 19.1 Å². The molecule has 0 N–H and O–H groups in total. The molecule has 0 aliphatic carbocycles. The number of halogens is 2. The summed E-state index contributed by atoms with van der Waals surface area (Å²) in [4.78, 5) is 23.4. The number of ether oxygens (including phenoxy) is 2. The third kappa shape index (κ3) is 6.36. The topological polar surface area (TPSA) is 93.3 Å². The summed E-state index contributed by atoms with van der Waals surface area (Å²) in [7, 11) is 1.62. The largest absolute Gasteiger partial charge is 0.473 e. The molecule has 0 bridgehead atoms. The maximum absolute atomic E-state index is 14.9. The quantitative estimate of drug-likeness (QED) is 0.238. The molecule has 41 heavy (non-hydrogen) atoms. The number of hydrogen-bond acceptors (Lipinski definition) is 7. The number of aromatic nitrogens is 3. The summed E-state index contributed by atoms with van der Waals surface area (Å²) in [5.74, 6) is 1.15. The van der Waals surface area contributed by atoms with Crippen LogP contribution in [0, 0.1) is 28.9 Å². The van der Waals surface area contributed by atoms with Crippen molar-refractivity contribution in [1.29, 1.82) is 5.26 Å². The number of imidazole rings is 1. The van der Waals surface area contributed by atoms with Gasteiger partial charge in [-0.2, -0.15) is 10.2 Å². The fraction of sp³-hybridized carbons (Fsp3) is 0.355. The SMILES string of the molecule is COCCn1c(CC2CCN(c3cccc(OCc4ccc(C#N)cc4F)n3)CC2)nc2c(F)cc(C(C)=O)cc21. The summed E-state index contributed by atoms with van der Waals surface area (Å²) in [5, 5.41) is 8.92. The highest BCUT2D eigenvalue weighted by atomic mass is 19.1. The van der Waals surface area contributed by atoms with Crippen molar-refractivity contribution < 1.29 is 23.0 Å². The van der Waals surface area contributed by atoms with Crippen molar-refractivity contribution in [2.24, 2.45) is 5.92 Å². The second kappa shape index (κ2) is 12.4. The van der Waals surface area contributed by atoms with E-state index >= 15 is 0 Å². The van der Waals surface area contributed by atoms with Gasteiger partial charge in [-0.15, -0.1) is 0 Å². The number of ketones is 1. The number of nitriles is 1. The lowest BCUT2D eigenvalue weighted by atomic mass is 9.93. The predicted octanol–water partition coefficient (Wildman–Crippen LogP) is 5.47. The predicted molar refractivity (Wildman–Crippen MR) is 150 cm³/mol. The van der Waals surface area contributed by atoms with E-state index in [0.29, 0.717) is 48.0 Å². The van der Waals surface area contributed by atoms with E-state index in [9.17, 15) is 13.6 Å². The molecule has 0 spiro atoms. The minimum atomic E-state index is -0.491. The fourth-order valence-corrected chi connectivity index (χ4v) is 5.19. The number of benzene rings is 2. The van der Waals surface area contributed by atoms with E-state index in [0.717, 1.165) is 37.6 Å². The van der Waals surface area contributed by atoms with Crippen molar-refractivity contribution in [2.45, 2.75) is 39.3 Å². The van der Waals surface area contributed by atoms with Crippen LogP contribution in [0.1, 0.15) is 47.1 Å². The van der Waals surface area contributed by atoms with Gasteiger partial charge >= 0.3 is 0 Å². The summed E-state index contributed by atoms with van der Waals surface area (Å²) >= 11 is 0. The van der Waals surface area contributed by atoms with Crippen molar-refractivity contribution >= 4 is 22.6 Å². The lowest BCUT2D eigenvalue weighted by Gasteiger charge is -2.33. The van der Waals surface area contributed by atoms with Crippen LogP contribution in [0.2, 0.25) is 0 Å². The summed E-state index contributed by atoms with van der Waals surface area (Å²) in [6.07, 6.45) is 2.49. The van der Waals surface area contributed by atoms with Gasteiger partial charge in [0.1, 0.15) is 29.6 Å². The number of methoxy groups -OCH3 is 1. The lowest BCUT2D eigenvalue weighted by molar-refractivity contribution is 0.101. The van der Waals surface area contributed by atoms with Gasteiger partial charge in [-0.1, -0.05) is 12.1 Å². The van der Waals surface area contributed by atoms with Crippen molar-refractivity contribution in [3.8, 4) is 11.9 Å². The second-order valence-corrected chi connectivity index (χ2v) is 10.2. The summed E-state index contributed by atoms with van der Waals surface area (Å²) < 4.78 is 42.1. The van der Waals surface area contributed by atoms with Crippen LogP contribution in [0.5, 0.6) is 5.88 Å². The maximum atomic E-state index is 14.9. The van der Waals surface area contributed by atoms with Crippen LogP contribution in [-0.2, 0) is 24.3 Å². The van der Waals surface area contributed by atoms with Crippen LogP contribution in [0.25, 0.3) is 11.0 Å². The molecular weight excluding hydrogens is 528 g/mol. The number of pyridine rings is 1. The summed E-state index contributed by atoms with van der Waals surface area (Å²) in [5.41, 5.74) is 1.83. The Morgan fingerprint density at radius 2 is 1.90 bits per heavy atom. The fourth-order valence-electron chi connectivity index (χ4n) is 5.19. The van der Waals surface area contributed by atoms with Gasteiger partial charge in [0.25, 0.3) is 0 Å². The highest BCUT2D eigenvalue weighted by Crippen LogP contribution is 2.29. The Kier molecular flexibility index (Phi) is 8.55. The second-order valence-electron chi connectivity index (χ2n) is 10.2. The first-order valence-electron chi connectivity index (χ1n) is 13.6. The molecule has 0 saturated carbocycles. The summed E-state index contributed by atoms with van der Waals surface area (Å²) in [6, 6.07) is 14.7. The normalized spacial score (nSPS) is 13.9. The van der Waals surface area contributed by atoms with Crippen molar-refractivity contribution in [3.05, 3.63) is 82.7 Å². The van der Waals surface area contributed by atoms with Gasteiger partial charge in [0.05, 0.1) is 23.8 Å². The van der Waals surface area contributed by atoms with Crippen molar-refractivity contribution in [2.75, 3.05) is 31.7 Å². The van der Waals surface area contributed by atoms with E-state index in [4.69, 9.17) is 14.7 Å². The average Bonchev–Trinajstić information content (AvgIpc) is 3.33. The average molecular weight is 560 g/mol. The Hall–Kier alpha value is -4.36. The molecule has 0 radical (unpaired) electrons. The zero-order chi connectivity index (χ0) is 28.9. The number of nitrogens with zero attached hydrogens (tertiary/aromatic N) is 5. The molecular formula is C31H31F2N5O3. The minimum Gasteiger partial charge on any atom is -0.473 e. The molecule has 2 aromatic heterocycles. The smallest absolute Gasteiger partial charge is 0.215 e. The Balaban J connectivity index is 1.24. The van der Waals surface area contributed by atoms with E-state index in [2.05, 4.69) is 14.9 Å². The highest BCUT2D eigenvalue weighted by Gasteiger charge is 2.24. The van der Waals surface area contributed by atoms with Gasteiger partial charge in [-0.3, -0.25) is 4.79 Å². The van der Waals surface area contributed by atoms with Gasteiger partial charge in [0, 0.05) is 50.4 Å². The van der Waals surface area contributed by atoms with Crippen LogP contribution in [-0.4, -0.2) is 47.1 Å². The van der Waals surface area contributed by atoms with Crippen LogP contribution in [0.3, 0.4) is 0 Å². The molecule has 0 unspecified atom stereocenters. The maximum Gasteiger partial charge on any atom is 0.215 e. The number of Topliss-reactive ketones (excluding diaryl/α,β-unsaturated/α-hetero) is 1.